The smallest absolute Gasteiger partial charge is 0.221 e. The third kappa shape index (κ3) is 5.94. The molecule has 112 valence electrons. The van der Waals surface area contributed by atoms with Gasteiger partial charge in [0, 0.05) is 18.5 Å². The van der Waals surface area contributed by atoms with E-state index in [1.807, 2.05) is 0 Å². The van der Waals surface area contributed by atoms with Gasteiger partial charge in [0.1, 0.15) is 0 Å². The van der Waals surface area contributed by atoms with Crippen LogP contribution in [-0.2, 0) is 4.79 Å². The van der Waals surface area contributed by atoms with Crippen molar-refractivity contribution in [1.82, 2.24) is 10.6 Å². The van der Waals surface area contributed by atoms with Crippen molar-refractivity contribution < 1.29 is 4.79 Å². The lowest BCUT2D eigenvalue weighted by molar-refractivity contribution is -0.123. The Balaban J connectivity index is 2.49. The second-order valence-electron chi connectivity index (χ2n) is 7.84. The van der Waals surface area contributed by atoms with Crippen LogP contribution in [0.2, 0.25) is 0 Å². The zero-order valence-corrected chi connectivity index (χ0v) is 13.6. The summed E-state index contributed by atoms with van der Waals surface area (Å²) in [5, 5.41) is 6.53. The average Bonchev–Trinajstić information content (AvgIpc) is 2.10. The summed E-state index contributed by atoms with van der Waals surface area (Å²) < 4.78 is 0. The number of amides is 1. The Morgan fingerprint density at radius 1 is 1.21 bits per heavy atom. The van der Waals surface area contributed by atoms with E-state index in [0.717, 1.165) is 19.4 Å². The summed E-state index contributed by atoms with van der Waals surface area (Å²) in [6, 6.07) is 0.592. The van der Waals surface area contributed by atoms with E-state index in [4.69, 9.17) is 0 Å². The molecule has 0 aliphatic heterocycles. The molecule has 1 amide bonds. The average molecular weight is 268 g/mol. The number of carbonyl (C=O) groups is 1. The first-order chi connectivity index (χ1) is 8.63. The monoisotopic (exact) mass is 268 g/mol. The van der Waals surface area contributed by atoms with Crippen LogP contribution in [0.15, 0.2) is 0 Å². The van der Waals surface area contributed by atoms with Crippen molar-refractivity contribution in [3.63, 3.8) is 0 Å². The number of nitrogens with one attached hydrogen (secondary N) is 2. The molecule has 3 heteroatoms. The van der Waals surface area contributed by atoms with Gasteiger partial charge < -0.3 is 10.6 Å². The molecule has 0 bridgehead atoms. The molecule has 19 heavy (non-hydrogen) atoms. The highest BCUT2D eigenvalue weighted by atomic mass is 16.1. The Morgan fingerprint density at radius 2 is 1.74 bits per heavy atom. The van der Waals surface area contributed by atoms with E-state index in [1.54, 1.807) is 0 Å². The first kappa shape index (κ1) is 16.5. The molecule has 1 unspecified atom stereocenters. The molecule has 0 radical (unpaired) electrons. The molecule has 1 fully saturated rings. The highest BCUT2D eigenvalue weighted by Gasteiger charge is 2.38. The van der Waals surface area contributed by atoms with E-state index < -0.39 is 0 Å². The quantitative estimate of drug-likeness (QED) is 0.804. The summed E-state index contributed by atoms with van der Waals surface area (Å²) in [4.78, 5) is 12.1. The van der Waals surface area contributed by atoms with Gasteiger partial charge in [-0.05, 0) is 43.6 Å². The summed E-state index contributed by atoms with van der Waals surface area (Å²) in [6.45, 7) is 14.3. The minimum absolute atomic E-state index is 0.187. The Morgan fingerprint density at radius 3 is 2.21 bits per heavy atom. The third-order valence-electron chi connectivity index (χ3n) is 3.96. The molecule has 0 spiro atoms. The maximum absolute atomic E-state index is 12.1. The summed E-state index contributed by atoms with van der Waals surface area (Å²) >= 11 is 0. The molecule has 2 N–H and O–H groups in total. The minimum Gasteiger partial charge on any atom is -0.353 e. The molecule has 1 aliphatic carbocycles. The van der Waals surface area contributed by atoms with Gasteiger partial charge in [-0.2, -0.15) is 0 Å². The van der Waals surface area contributed by atoms with Crippen molar-refractivity contribution in [3.8, 4) is 0 Å². The first-order valence-electron chi connectivity index (χ1n) is 7.66. The van der Waals surface area contributed by atoms with Crippen molar-refractivity contribution in [3.05, 3.63) is 0 Å². The van der Waals surface area contributed by atoms with E-state index in [2.05, 4.69) is 52.2 Å². The van der Waals surface area contributed by atoms with E-state index in [9.17, 15) is 4.79 Å². The zero-order valence-electron chi connectivity index (χ0n) is 13.6. The van der Waals surface area contributed by atoms with Crippen LogP contribution in [-0.4, -0.2) is 24.5 Å². The molecule has 0 aromatic heterocycles. The van der Waals surface area contributed by atoms with Crippen LogP contribution >= 0.6 is 0 Å². The molecule has 0 heterocycles. The fourth-order valence-electron chi connectivity index (χ4n) is 3.93. The normalized spacial score (nSPS) is 23.9. The van der Waals surface area contributed by atoms with Gasteiger partial charge >= 0.3 is 0 Å². The lowest BCUT2D eigenvalue weighted by atomic mass is 9.63. The zero-order chi connectivity index (χ0) is 14.7. The molecule has 0 aromatic rings. The second kappa shape index (κ2) is 6.25. The number of rotatable bonds is 5. The fraction of sp³-hybridized carbons (Fsp3) is 0.938. The Labute approximate surface area is 118 Å². The summed E-state index contributed by atoms with van der Waals surface area (Å²) in [5.74, 6) is 0.187. The van der Waals surface area contributed by atoms with E-state index >= 15 is 0 Å². The molecule has 0 aromatic carbocycles. The van der Waals surface area contributed by atoms with Crippen molar-refractivity contribution >= 4 is 5.91 Å². The summed E-state index contributed by atoms with van der Waals surface area (Å²) in [7, 11) is 0. The molecular formula is C16H32N2O. The topological polar surface area (TPSA) is 41.1 Å². The van der Waals surface area contributed by atoms with E-state index in [-0.39, 0.29) is 11.9 Å². The maximum Gasteiger partial charge on any atom is 0.221 e. The second-order valence-corrected chi connectivity index (χ2v) is 7.84. The van der Waals surface area contributed by atoms with Gasteiger partial charge in [0.25, 0.3) is 0 Å². The lowest BCUT2D eigenvalue weighted by Crippen LogP contribution is -2.47. The van der Waals surface area contributed by atoms with Gasteiger partial charge in [0.15, 0.2) is 0 Å². The van der Waals surface area contributed by atoms with Gasteiger partial charge in [0.2, 0.25) is 5.91 Å². The van der Waals surface area contributed by atoms with Crippen molar-refractivity contribution in [1.29, 1.82) is 0 Å². The van der Waals surface area contributed by atoms with Crippen LogP contribution in [0.3, 0.4) is 0 Å². The van der Waals surface area contributed by atoms with Crippen LogP contribution in [0.5, 0.6) is 0 Å². The van der Waals surface area contributed by atoms with Crippen LogP contribution < -0.4 is 10.6 Å². The Kier molecular flexibility index (Phi) is 5.43. The number of hydrogen-bond acceptors (Lipinski definition) is 2. The van der Waals surface area contributed by atoms with Gasteiger partial charge in [0.05, 0.1) is 0 Å². The summed E-state index contributed by atoms with van der Waals surface area (Å²) in [5.41, 5.74) is 0.653. The predicted octanol–water partition coefficient (Wildman–Crippen LogP) is 3.10. The van der Waals surface area contributed by atoms with Crippen LogP contribution in [0, 0.1) is 10.8 Å². The molecular weight excluding hydrogens is 236 g/mol. The standard InChI is InChI=1S/C16H32N2O/c1-7-17-12(2)8-14(19)18-13-9-15(3,4)11-16(5,6)10-13/h12-13,17H,7-11H2,1-6H3,(H,18,19). The lowest BCUT2D eigenvalue weighted by Gasteiger charge is -2.45. The van der Waals surface area contributed by atoms with Crippen LogP contribution in [0.25, 0.3) is 0 Å². The molecule has 0 saturated heterocycles. The van der Waals surface area contributed by atoms with Gasteiger partial charge in [-0.1, -0.05) is 34.6 Å². The van der Waals surface area contributed by atoms with E-state index in [0.29, 0.717) is 23.3 Å². The van der Waals surface area contributed by atoms with Crippen molar-refractivity contribution in [2.75, 3.05) is 6.54 Å². The molecule has 1 aliphatic rings. The highest BCUT2D eigenvalue weighted by Crippen LogP contribution is 2.45. The Bertz CT molecular complexity index is 294. The molecule has 1 saturated carbocycles. The molecule has 3 nitrogen and oxygen atoms in total. The SMILES string of the molecule is CCNC(C)CC(=O)NC1CC(C)(C)CC(C)(C)C1. The summed E-state index contributed by atoms with van der Waals surface area (Å²) in [6.07, 6.45) is 4.00. The fourth-order valence-corrected chi connectivity index (χ4v) is 3.93. The molecule has 1 atom stereocenters. The Hall–Kier alpha value is -0.570. The minimum atomic E-state index is 0.187. The van der Waals surface area contributed by atoms with Gasteiger partial charge in [-0.25, -0.2) is 0 Å². The predicted molar refractivity (Wildman–Crippen MR) is 81.1 cm³/mol. The first-order valence-corrected chi connectivity index (χ1v) is 7.66. The van der Waals surface area contributed by atoms with E-state index in [1.165, 1.54) is 6.42 Å². The maximum atomic E-state index is 12.1. The molecule has 1 rings (SSSR count). The highest BCUT2D eigenvalue weighted by molar-refractivity contribution is 5.76. The van der Waals surface area contributed by atoms with Gasteiger partial charge in [-0.3, -0.25) is 4.79 Å². The third-order valence-corrected chi connectivity index (χ3v) is 3.96. The number of hydrogen-bond donors (Lipinski definition) is 2. The van der Waals surface area contributed by atoms with Crippen molar-refractivity contribution in [2.45, 2.75) is 79.3 Å². The van der Waals surface area contributed by atoms with Gasteiger partial charge in [-0.15, -0.1) is 0 Å². The van der Waals surface area contributed by atoms with Crippen LogP contribution in [0.4, 0.5) is 0 Å². The van der Waals surface area contributed by atoms with Crippen molar-refractivity contribution in [2.24, 2.45) is 10.8 Å². The van der Waals surface area contributed by atoms with Crippen LogP contribution in [0.1, 0.15) is 67.2 Å². The largest absolute Gasteiger partial charge is 0.353 e. The number of carbonyl (C=O) groups excluding carboxylic acids is 1.